The van der Waals surface area contributed by atoms with E-state index in [-0.39, 0.29) is 13.2 Å². The molecule has 1 saturated heterocycles. The average molecular weight is 280 g/mol. The van der Waals surface area contributed by atoms with Crippen molar-refractivity contribution in [3.63, 3.8) is 0 Å². The fraction of sp³-hybridized carbons (Fsp3) is 0.900. The Morgan fingerprint density at radius 1 is 1.44 bits per heavy atom. The van der Waals surface area contributed by atoms with E-state index in [1.165, 1.54) is 0 Å². The van der Waals surface area contributed by atoms with Gasteiger partial charge in [0.15, 0.2) is 0 Å². The molecule has 1 heterocycles. The van der Waals surface area contributed by atoms with E-state index in [4.69, 9.17) is 0 Å². The molecular formula is C10H20N2O5S. The topological polar surface area (TPSA) is 95.9 Å². The maximum absolute atomic E-state index is 12.0. The SMILES string of the molecule is CCOC(=O)NS(=O)(=O)N1CCCCCC1CO. The van der Waals surface area contributed by atoms with E-state index >= 15 is 0 Å². The molecular weight excluding hydrogens is 260 g/mol. The zero-order valence-electron chi connectivity index (χ0n) is 10.5. The van der Waals surface area contributed by atoms with Crippen molar-refractivity contribution in [2.45, 2.75) is 38.6 Å². The van der Waals surface area contributed by atoms with Gasteiger partial charge in [-0.05, 0) is 19.8 Å². The highest BCUT2D eigenvalue weighted by Gasteiger charge is 2.32. The van der Waals surface area contributed by atoms with Crippen molar-refractivity contribution in [2.75, 3.05) is 19.8 Å². The van der Waals surface area contributed by atoms with Crippen molar-refractivity contribution in [1.29, 1.82) is 0 Å². The summed E-state index contributed by atoms with van der Waals surface area (Å²) in [5.41, 5.74) is 0. The van der Waals surface area contributed by atoms with Crippen LogP contribution in [0.3, 0.4) is 0 Å². The molecule has 18 heavy (non-hydrogen) atoms. The van der Waals surface area contributed by atoms with Gasteiger partial charge in [0.2, 0.25) is 0 Å². The Bertz CT molecular complexity index is 370. The van der Waals surface area contributed by atoms with Gasteiger partial charge in [-0.25, -0.2) is 9.52 Å². The van der Waals surface area contributed by atoms with Gasteiger partial charge in [-0.3, -0.25) is 0 Å². The fourth-order valence-corrected chi connectivity index (χ4v) is 3.30. The molecule has 2 N–H and O–H groups in total. The van der Waals surface area contributed by atoms with Crippen molar-refractivity contribution in [2.24, 2.45) is 0 Å². The van der Waals surface area contributed by atoms with Gasteiger partial charge in [0.05, 0.1) is 13.2 Å². The number of nitrogens with zero attached hydrogens (tertiary/aromatic N) is 1. The van der Waals surface area contributed by atoms with Crippen LogP contribution < -0.4 is 4.72 Å². The summed E-state index contributed by atoms with van der Waals surface area (Å²) in [6, 6.07) is -0.473. The number of aliphatic hydroxyl groups is 1. The Morgan fingerprint density at radius 3 is 2.78 bits per heavy atom. The summed E-state index contributed by atoms with van der Waals surface area (Å²) in [4.78, 5) is 11.2. The first kappa shape index (κ1) is 15.2. The third-order valence-electron chi connectivity index (χ3n) is 2.83. The lowest BCUT2D eigenvalue weighted by Crippen LogP contribution is -2.49. The van der Waals surface area contributed by atoms with Crippen LogP contribution in [0, 0.1) is 0 Å². The lowest BCUT2D eigenvalue weighted by atomic mass is 10.1. The third-order valence-corrected chi connectivity index (χ3v) is 4.35. The number of nitrogens with one attached hydrogen (secondary N) is 1. The number of aliphatic hydroxyl groups excluding tert-OH is 1. The summed E-state index contributed by atoms with van der Waals surface area (Å²) in [6.07, 6.45) is 2.12. The number of ether oxygens (including phenoxy) is 1. The zero-order chi connectivity index (χ0) is 13.6. The van der Waals surface area contributed by atoms with Crippen LogP contribution in [0.4, 0.5) is 4.79 Å². The van der Waals surface area contributed by atoms with Gasteiger partial charge in [-0.2, -0.15) is 12.7 Å². The summed E-state index contributed by atoms with van der Waals surface area (Å²) < 4.78 is 31.5. The van der Waals surface area contributed by atoms with Gasteiger partial charge in [0.25, 0.3) is 0 Å². The van der Waals surface area contributed by atoms with Crippen LogP contribution in [0.15, 0.2) is 0 Å². The third kappa shape index (κ3) is 4.11. The van der Waals surface area contributed by atoms with E-state index in [1.807, 2.05) is 4.72 Å². The Morgan fingerprint density at radius 2 is 2.17 bits per heavy atom. The minimum absolute atomic E-state index is 0.102. The van der Waals surface area contributed by atoms with Crippen LogP contribution in [0.5, 0.6) is 0 Å². The second-order valence-electron chi connectivity index (χ2n) is 4.12. The molecule has 0 bridgehead atoms. The molecule has 106 valence electrons. The first-order valence-electron chi connectivity index (χ1n) is 6.08. The largest absolute Gasteiger partial charge is 0.449 e. The number of hydrogen-bond acceptors (Lipinski definition) is 5. The van der Waals surface area contributed by atoms with Gasteiger partial charge < -0.3 is 9.84 Å². The van der Waals surface area contributed by atoms with Crippen LogP contribution in [0.25, 0.3) is 0 Å². The Labute approximate surface area is 107 Å². The van der Waals surface area contributed by atoms with Crippen LogP contribution in [0.1, 0.15) is 32.6 Å². The quantitative estimate of drug-likeness (QED) is 0.767. The van der Waals surface area contributed by atoms with Crippen molar-refractivity contribution in [3.8, 4) is 0 Å². The lowest BCUT2D eigenvalue weighted by molar-refractivity contribution is 0.155. The molecule has 1 fully saturated rings. The standard InChI is InChI=1S/C10H20N2O5S/c1-2-17-10(14)11-18(15,16)12-7-5-3-4-6-9(12)8-13/h9,13H,2-8H2,1H3,(H,11,14). The molecule has 1 rings (SSSR count). The van der Waals surface area contributed by atoms with Gasteiger partial charge in [0, 0.05) is 12.6 Å². The van der Waals surface area contributed by atoms with E-state index in [9.17, 15) is 18.3 Å². The van der Waals surface area contributed by atoms with E-state index in [2.05, 4.69) is 4.74 Å². The van der Waals surface area contributed by atoms with Gasteiger partial charge in [0.1, 0.15) is 0 Å². The molecule has 0 aliphatic carbocycles. The second kappa shape index (κ2) is 6.91. The van der Waals surface area contributed by atoms with Crippen LogP contribution in [-0.2, 0) is 14.9 Å². The lowest BCUT2D eigenvalue weighted by Gasteiger charge is -2.27. The predicted octanol–water partition coefficient (Wildman–Crippen LogP) is 0.214. The molecule has 8 heteroatoms. The zero-order valence-corrected chi connectivity index (χ0v) is 11.3. The van der Waals surface area contributed by atoms with Crippen molar-refractivity contribution in [1.82, 2.24) is 9.03 Å². The highest BCUT2D eigenvalue weighted by atomic mass is 32.2. The number of rotatable bonds is 4. The van der Waals surface area contributed by atoms with Crippen LogP contribution in [-0.4, -0.2) is 49.7 Å². The fourth-order valence-electron chi connectivity index (χ4n) is 1.97. The number of hydrogen-bond donors (Lipinski definition) is 2. The van der Waals surface area contributed by atoms with Crippen molar-refractivity contribution in [3.05, 3.63) is 0 Å². The van der Waals surface area contributed by atoms with E-state index < -0.39 is 22.3 Å². The molecule has 1 aliphatic heterocycles. The molecule has 1 amide bonds. The Balaban J connectivity index is 2.76. The molecule has 0 spiro atoms. The van der Waals surface area contributed by atoms with E-state index in [1.54, 1.807) is 6.92 Å². The molecule has 0 aromatic rings. The van der Waals surface area contributed by atoms with E-state index in [0.717, 1.165) is 23.6 Å². The van der Waals surface area contributed by atoms with E-state index in [0.29, 0.717) is 13.0 Å². The number of carbonyl (C=O) groups excluding carboxylic acids is 1. The van der Waals surface area contributed by atoms with Crippen molar-refractivity contribution >= 4 is 16.3 Å². The molecule has 0 radical (unpaired) electrons. The highest BCUT2D eigenvalue weighted by molar-refractivity contribution is 7.87. The van der Waals surface area contributed by atoms with Gasteiger partial charge >= 0.3 is 16.3 Å². The number of carbonyl (C=O) groups is 1. The van der Waals surface area contributed by atoms with Crippen molar-refractivity contribution < 1.29 is 23.1 Å². The Hall–Kier alpha value is -0.860. The molecule has 0 aromatic carbocycles. The van der Waals surface area contributed by atoms with Gasteiger partial charge in [-0.1, -0.05) is 12.8 Å². The molecule has 7 nitrogen and oxygen atoms in total. The summed E-state index contributed by atoms with van der Waals surface area (Å²) >= 11 is 0. The minimum Gasteiger partial charge on any atom is -0.449 e. The molecule has 0 saturated carbocycles. The highest BCUT2D eigenvalue weighted by Crippen LogP contribution is 2.19. The van der Waals surface area contributed by atoms with Crippen LogP contribution in [0.2, 0.25) is 0 Å². The second-order valence-corrected chi connectivity index (χ2v) is 5.75. The predicted molar refractivity (Wildman–Crippen MR) is 65.1 cm³/mol. The summed E-state index contributed by atoms with van der Waals surface area (Å²) in [5, 5.41) is 9.24. The number of amides is 1. The molecule has 0 aromatic heterocycles. The van der Waals surface area contributed by atoms with Gasteiger partial charge in [-0.15, -0.1) is 0 Å². The maximum Gasteiger partial charge on any atom is 0.421 e. The maximum atomic E-state index is 12.0. The molecule has 1 aliphatic rings. The van der Waals surface area contributed by atoms with Crippen LogP contribution >= 0.6 is 0 Å². The average Bonchev–Trinajstić information content (AvgIpc) is 2.53. The summed E-state index contributed by atoms with van der Waals surface area (Å²) in [6.45, 7) is 1.75. The Kier molecular flexibility index (Phi) is 5.83. The first-order valence-corrected chi connectivity index (χ1v) is 7.52. The summed E-state index contributed by atoms with van der Waals surface area (Å²) in [7, 11) is -3.94. The smallest absolute Gasteiger partial charge is 0.421 e. The first-order chi connectivity index (χ1) is 8.51. The molecule has 1 unspecified atom stereocenters. The summed E-state index contributed by atoms with van der Waals surface area (Å²) in [5.74, 6) is 0. The molecule has 1 atom stereocenters. The normalized spacial score (nSPS) is 22.2. The monoisotopic (exact) mass is 280 g/mol. The minimum atomic E-state index is -3.94.